The van der Waals surface area contributed by atoms with Gasteiger partial charge in [0.25, 0.3) is 0 Å². The number of benzene rings is 1. The molecule has 1 aromatic carbocycles. The smallest absolute Gasteiger partial charge is 0.407 e. The Balaban J connectivity index is 1.99. The molecule has 0 aromatic heterocycles. The van der Waals surface area contributed by atoms with Crippen molar-refractivity contribution in [2.45, 2.75) is 52.2 Å². The number of carbonyl (C=O) groups is 1. The molecule has 0 aliphatic carbocycles. The summed E-state index contributed by atoms with van der Waals surface area (Å²) < 4.78 is 10.9. The number of ether oxygens (including phenoxy) is 2. The minimum absolute atomic E-state index is 0.161. The number of amides is 1. The van der Waals surface area contributed by atoms with Gasteiger partial charge in [-0.25, -0.2) is 4.79 Å². The number of nitrogens with one attached hydrogen (secondary N) is 3. The highest BCUT2D eigenvalue weighted by Gasteiger charge is 2.25. The Hall–Kier alpha value is -2.48. The van der Waals surface area contributed by atoms with E-state index in [-0.39, 0.29) is 6.04 Å². The topological polar surface area (TPSA) is 87.2 Å². The number of methoxy groups -OCH3 is 1. The number of likely N-dealkylation sites (tertiary alicyclic amines) is 1. The largest absolute Gasteiger partial charge is 0.496 e. The summed E-state index contributed by atoms with van der Waals surface area (Å²) in [6.07, 6.45) is 2.01. The second-order valence-corrected chi connectivity index (χ2v) is 8.58. The molecule has 1 heterocycles. The average molecular weight is 434 g/mol. The van der Waals surface area contributed by atoms with Crippen molar-refractivity contribution in [2.24, 2.45) is 4.99 Å². The second-order valence-electron chi connectivity index (χ2n) is 8.58. The Bertz CT molecular complexity index is 711. The quantitative estimate of drug-likeness (QED) is 0.315. The lowest BCUT2D eigenvalue weighted by Crippen LogP contribution is -2.43. The van der Waals surface area contributed by atoms with Crippen LogP contribution in [0.1, 0.15) is 52.1 Å². The molecule has 1 aromatic rings. The molecule has 174 valence electrons. The van der Waals surface area contributed by atoms with Gasteiger partial charge in [-0.1, -0.05) is 18.2 Å². The Morgan fingerprint density at radius 2 is 1.81 bits per heavy atom. The van der Waals surface area contributed by atoms with E-state index in [2.05, 4.69) is 33.0 Å². The highest BCUT2D eigenvalue weighted by Crippen LogP contribution is 2.31. The summed E-state index contributed by atoms with van der Waals surface area (Å²) in [7, 11) is 1.71. The number of hydrogen-bond acceptors (Lipinski definition) is 5. The molecule has 8 nitrogen and oxygen atoms in total. The van der Waals surface area contributed by atoms with Crippen molar-refractivity contribution in [2.75, 3.05) is 46.4 Å². The Morgan fingerprint density at radius 1 is 1.13 bits per heavy atom. The predicted molar refractivity (Wildman–Crippen MR) is 125 cm³/mol. The molecule has 1 amide bonds. The molecule has 8 heteroatoms. The van der Waals surface area contributed by atoms with Crippen molar-refractivity contribution in [3.63, 3.8) is 0 Å². The highest BCUT2D eigenvalue weighted by atomic mass is 16.6. The third-order valence-corrected chi connectivity index (χ3v) is 4.93. The monoisotopic (exact) mass is 433 g/mol. The van der Waals surface area contributed by atoms with Crippen LogP contribution in [0.2, 0.25) is 0 Å². The van der Waals surface area contributed by atoms with Crippen LogP contribution in [0.15, 0.2) is 29.3 Å². The molecule has 1 unspecified atom stereocenters. The molecule has 0 spiro atoms. The summed E-state index contributed by atoms with van der Waals surface area (Å²) in [5, 5.41) is 9.32. The van der Waals surface area contributed by atoms with Crippen molar-refractivity contribution in [1.29, 1.82) is 0 Å². The number of para-hydroxylation sites is 1. The van der Waals surface area contributed by atoms with Gasteiger partial charge in [0.2, 0.25) is 0 Å². The van der Waals surface area contributed by atoms with Crippen LogP contribution in [-0.2, 0) is 4.74 Å². The molecule has 1 aliphatic rings. The third kappa shape index (κ3) is 8.65. The summed E-state index contributed by atoms with van der Waals surface area (Å²) >= 11 is 0. The van der Waals surface area contributed by atoms with Crippen molar-refractivity contribution >= 4 is 12.1 Å². The fourth-order valence-corrected chi connectivity index (χ4v) is 3.58. The molecule has 1 aliphatic heterocycles. The Labute approximate surface area is 186 Å². The lowest BCUT2D eigenvalue weighted by atomic mass is 10.0. The SMILES string of the molecule is CCNC(=NCC(c1ccccc1OC)N1CCCC1)NCCNC(=O)OC(C)(C)C. The van der Waals surface area contributed by atoms with Crippen LogP contribution in [0.3, 0.4) is 0 Å². The molecular weight excluding hydrogens is 394 g/mol. The Morgan fingerprint density at radius 3 is 2.45 bits per heavy atom. The normalized spacial score (nSPS) is 16.0. The molecule has 2 rings (SSSR count). The van der Waals surface area contributed by atoms with E-state index < -0.39 is 11.7 Å². The van der Waals surface area contributed by atoms with Gasteiger partial charge >= 0.3 is 6.09 Å². The standard InChI is InChI=1S/C23H39N5O3/c1-6-24-21(25-13-14-26-22(29)31-23(2,3)4)27-17-19(28-15-9-10-16-28)18-11-7-8-12-20(18)30-5/h7-8,11-12,19H,6,9-10,13-17H2,1-5H3,(H,26,29)(H2,24,25,27). The number of nitrogens with zero attached hydrogens (tertiary/aromatic N) is 2. The van der Waals surface area contributed by atoms with E-state index in [1.54, 1.807) is 7.11 Å². The summed E-state index contributed by atoms with van der Waals surface area (Å²) in [6, 6.07) is 8.34. The summed E-state index contributed by atoms with van der Waals surface area (Å²) in [5.74, 6) is 1.63. The van der Waals surface area contributed by atoms with E-state index in [0.29, 0.717) is 19.6 Å². The van der Waals surface area contributed by atoms with E-state index in [0.717, 1.165) is 36.9 Å². The van der Waals surface area contributed by atoms with E-state index in [1.165, 1.54) is 12.8 Å². The van der Waals surface area contributed by atoms with Gasteiger partial charge in [0.1, 0.15) is 11.4 Å². The van der Waals surface area contributed by atoms with Crippen LogP contribution in [0.5, 0.6) is 5.75 Å². The zero-order valence-electron chi connectivity index (χ0n) is 19.7. The molecule has 1 fully saturated rings. The van der Waals surface area contributed by atoms with Gasteiger partial charge in [-0.15, -0.1) is 0 Å². The van der Waals surface area contributed by atoms with Gasteiger partial charge in [0.05, 0.1) is 19.7 Å². The van der Waals surface area contributed by atoms with Crippen LogP contribution >= 0.6 is 0 Å². The van der Waals surface area contributed by atoms with E-state index in [1.807, 2.05) is 39.8 Å². The van der Waals surface area contributed by atoms with Gasteiger partial charge in [0.15, 0.2) is 5.96 Å². The fraction of sp³-hybridized carbons (Fsp3) is 0.652. The third-order valence-electron chi connectivity index (χ3n) is 4.93. The fourth-order valence-electron chi connectivity index (χ4n) is 3.58. The molecule has 0 saturated carbocycles. The number of rotatable bonds is 9. The molecule has 0 radical (unpaired) electrons. The highest BCUT2D eigenvalue weighted by molar-refractivity contribution is 5.79. The summed E-state index contributed by atoms with van der Waals surface area (Å²) in [4.78, 5) is 19.1. The van der Waals surface area contributed by atoms with Crippen molar-refractivity contribution in [3.8, 4) is 5.75 Å². The van der Waals surface area contributed by atoms with Gasteiger partial charge in [0, 0.05) is 25.2 Å². The number of aliphatic imine (C=N–C) groups is 1. The van der Waals surface area contributed by atoms with Crippen LogP contribution in [0.4, 0.5) is 4.79 Å². The first-order chi connectivity index (χ1) is 14.8. The minimum Gasteiger partial charge on any atom is -0.496 e. The van der Waals surface area contributed by atoms with Crippen LogP contribution in [-0.4, -0.2) is 68.9 Å². The zero-order valence-corrected chi connectivity index (χ0v) is 19.7. The molecule has 0 bridgehead atoms. The first kappa shape index (κ1) is 24.8. The molecule has 1 saturated heterocycles. The Kier molecular flexibility index (Phi) is 9.91. The van der Waals surface area contributed by atoms with Gasteiger partial charge in [-0.3, -0.25) is 9.89 Å². The molecular formula is C23H39N5O3. The number of carbonyl (C=O) groups excluding carboxylic acids is 1. The van der Waals surface area contributed by atoms with E-state index in [4.69, 9.17) is 14.5 Å². The van der Waals surface area contributed by atoms with E-state index >= 15 is 0 Å². The maximum Gasteiger partial charge on any atom is 0.407 e. The molecule has 31 heavy (non-hydrogen) atoms. The lowest BCUT2D eigenvalue weighted by Gasteiger charge is -2.28. The van der Waals surface area contributed by atoms with Crippen LogP contribution < -0.4 is 20.7 Å². The molecule has 1 atom stereocenters. The summed E-state index contributed by atoms with van der Waals surface area (Å²) in [5.41, 5.74) is 0.662. The maximum atomic E-state index is 11.8. The first-order valence-corrected chi connectivity index (χ1v) is 11.2. The van der Waals surface area contributed by atoms with Gasteiger partial charge in [-0.2, -0.15) is 0 Å². The van der Waals surface area contributed by atoms with Gasteiger partial charge in [-0.05, 0) is 59.7 Å². The van der Waals surface area contributed by atoms with Crippen LogP contribution in [0, 0.1) is 0 Å². The first-order valence-electron chi connectivity index (χ1n) is 11.2. The number of alkyl carbamates (subject to hydrolysis) is 1. The average Bonchev–Trinajstić information content (AvgIpc) is 3.24. The number of guanidine groups is 1. The second kappa shape index (κ2) is 12.4. The maximum absolute atomic E-state index is 11.8. The molecule has 3 N–H and O–H groups in total. The van der Waals surface area contributed by atoms with E-state index in [9.17, 15) is 4.79 Å². The lowest BCUT2D eigenvalue weighted by molar-refractivity contribution is 0.0529. The number of hydrogen-bond donors (Lipinski definition) is 3. The van der Waals surface area contributed by atoms with Crippen molar-refractivity contribution < 1.29 is 14.3 Å². The van der Waals surface area contributed by atoms with Gasteiger partial charge < -0.3 is 25.4 Å². The van der Waals surface area contributed by atoms with Crippen LogP contribution in [0.25, 0.3) is 0 Å². The minimum atomic E-state index is -0.503. The van der Waals surface area contributed by atoms with Crippen molar-refractivity contribution in [1.82, 2.24) is 20.9 Å². The van der Waals surface area contributed by atoms with Crippen molar-refractivity contribution in [3.05, 3.63) is 29.8 Å². The summed E-state index contributed by atoms with van der Waals surface area (Å²) in [6.45, 7) is 12.1. The zero-order chi connectivity index (χ0) is 22.7. The predicted octanol–water partition coefficient (Wildman–Crippen LogP) is 2.91.